The smallest absolute Gasteiger partial charge is 0.254 e. The van der Waals surface area contributed by atoms with Crippen molar-refractivity contribution in [2.45, 2.75) is 31.0 Å². The number of aliphatic hydroxyl groups is 1. The number of carbonyl (C=O) groups excluding carboxylic acids is 1. The quantitative estimate of drug-likeness (QED) is 0.893. The summed E-state index contributed by atoms with van der Waals surface area (Å²) in [6, 6.07) is 15.6. The van der Waals surface area contributed by atoms with Crippen LogP contribution in [-0.4, -0.2) is 22.0 Å². The van der Waals surface area contributed by atoms with Crippen LogP contribution in [0.25, 0.3) is 0 Å². The van der Waals surface area contributed by atoms with E-state index in [1.54, 1.807) is 0 Å². The Morgan fingerprint density at radius 1 is 1.09 bits per heavy atom. The Balaban J connectivity index is 1.53. The number of hydrogen-bond donors (Lipinski definition) is 1. The van der Waals surface area contributed by atoms with Crippen molar-refractivity contribution < 1.29 is 9.90 Å². The molecule has 1 saturated carbocycles. The predicted molar refractivity (Wildman–Crippen MR) is 87.4 cm³/mol. The van der Waals surface area contributed by atoms with Gasteiger partial charge in [-0.15, -0.1) is 0 Å². The first-order chi connectivity index (χ1) is 10.6. The molecule has 1 aliphatic carbocycles. The molecule has 112 valence electrons. The van der Waals surface area contributed by atoms with E-state index in [9.17, 15) is 9.90 Å². The highest BCUT2D eigenvalue weighted by atomic mass is 79.9. The molecule has 2 aromatic rings. The zero-order valence-electron chi connectivity index (χ0n) is 12.0. The first-order valence-corrected chi connectivity index (χ1v) is 8.24. The number of hydrogen-bond acceptors (Lipinski definition) is 2. The fourth-order valence-corrected chi connectivity index (χ4v) is 4.03. The van der Waals surface area contributed by atoms with Gasteiger partial charge in [0.1, 0.15) is 0 Å². The lowest BCUT2D eigenvalue weighted by Gasteiger charge is -2.47. The molecule has 3 nitrogen and oxygen atoms in total. The minimum absolute atomic E-state index is 0.0800. The minimum atomic E-state index is -0.793. The van der Waals surface area contributed by atoms with Crippen molar-refractivity contribution in [2.24, 2.45) is 0 Å². The lowest BCUT2D eigenvalue weighted by atomic mass is 9.70. The molecule has 0 bridgehead atoms. The van der Waals surface area contributed by atoms with Crippen LogP contribution in [0.5, 0.6) is 0 Å². The maximum absolute atomic E-state index is 12.6. The molecule has 1 amide bonds. The number of benzene rings is 2. The van der Waals surface area contributed by atoms with E-state index in [1.807, 2.05) is 53.4 Å². The van der Waals surface area contributed by atoms with Crippen LogP contribution in [-0.2, 0) is 12.1 Å². The zero-order chi connectivity index (χ0) is 15.3. The van der Waals surface area contributed by atoms with Crippen molar-refractivity contribution in [3.05, 3.63) is 69.7 Å². The van der Waals surface area contributed by atoms with Gasteiger partial charge in [0.15, 0.2) is 0 Å². The number of amides is 1. The summed E-state index contributed by atoms with van der Waals surface area (Å²) in [5, 5.41) is 10.7. The molecule has 1 heterocycles. The standard InChI is InChI=1S/C18H16BrNO2/c19-16-8-4-7-14-15(16)11-20(17(14)21)13-9-18(22,10-13)12-5-2-1-3-6-12/h1-8,13,22H,9-11H2. The average Bonchev–Trinajstić information content (AvgIpc) is 2.84. The molecule has 1 fully saturated rings. The van der Waals surface area contributed by atoms with E-state index in [-0.39, 0.29) is 11.9 Å². The number of fused-ring (bicyclic) bond motifs is 1. The SMILES string of the molecule is O=C1c2cccc(Br)c2CN1C1CC(O)(c2ccccc2)C1. The van der Waals surface area contributed by atoms with Gasteiger partial charge < -0.3 is 10.0 Å². The van der Waals surface area contributed by atoms with Gasteiger partial charge in [-0.2, -0.15) is 0 Å². The second-order valence-electron chi connectivity index (χ2n) is 6.16. The van der Waals surface area contributed by atoms with Gasteiger partial charge in [-0.05, 0) is 23.3 Å². The summed E-state index contributed by atoms with van der Waals surface area (Å²) in [6.45, 7) is 0.630. The molecule has 4 rings (SSSR count). The van der Waals surface area contributed by atoms with Gasteiger partial charge in [0.05, 0.1) is 5.60 Å². The number of nitrogens with zero attached hydrogens (tertiary/aromatic N) is 1. The van der Waals surface area contributed by atoms with Gasteiger partial charge in [0, 0.05) is 35.5 Å². The van der Waals surface area contributed by atoms with Crippen LogP contribution in [0.1, 0.15) is 34.3 Å². The molecule has 1 aliphatic heterocycles. The molecule has 2 aromatic carbocycles. The van der Waals surface area contributed by atoms with Gasteiger partial charge >= 0.3 is 0 Å². The highest BCUT2D eigenvalue weighted by Gasteiger charge is 2.49. The molecule has 2 aliphatic rings. The number of rotatable bonds is 2. The topological polar surface area (TPSA) is 40.5 Å². The first kappa shape index (κ1) is 14.0. The minimum Gasteiger partial charge on any atom is -0.385 e. The van der Waals surface area contributed by atoms with Gasteiger partial charge in [-0.25, -0.2) is 0 Å². The molecular weight excluding hydrogens is 342 g/mol. The van der Waals surface area contributed by atoms with E-state index in [2.05, 4.69) is 15.9 Å². The third-order valence-electron chi connectivity index (χ3n) is 4.84. The molecule has 22 heavy (non-hydrogen) atoms. The normalized spacial score (nSPS) is 26.7. The third kappa shape index (κ3) is 2.02. The van der Waals surface area contributed by atoms with Crippen molar-refractivity contribution in [1.29, 1.82) is 0 Å². The summed E-state index contributed by atoms with van der Waals surface area (Å²) >= 11 is 3.52. The van der Waals surface area contributed by atoms with Gasteiger partial charge in [-0.3, -0.25) is 4.79 Å². The van der Waals surface area contributed by atoms with Crippen LogP contribution in [0, 0.1) is 0 Å². The van der Waals surface area contributed by atoms with E-state index >= 15 is 0 Å². The van der Waals surface area contributed by atoms with Crippen LogP contribution in [0.2, 0.25) is 0 Å². The summed E-state index contributed by atoms with van der Waals surface area (Å²) in [4.78, 5) is 14.4. The Morgan fingerprint density at radius 3 is 2.50 bits per heavy atom. The van der Waals surface area contributed by atoms with Gasteiger partial charge in [-0.1, -0.05) is 52.3 Å². The second-order valence-corrected chi connectivity index (χ2v) is 7.01. The summed E-state index contributed by atoms with van der Waals surface area (Å²) in [5.41, 5.74) is 1.99. The van der Waals surface area contributed by atoms with E-state index < -0.39 is 5.60 Å². The third-order valence-corrected chi connectivity index (χ3v) is 5.58. The van der Waals surface area contributed by atoms with Gasteiger partial charge in [0.25, 0.3) is 5.91 Å². The molecule has 4 heteroatoms. The lowest BCUT2D eigenvalue weighted by Crippen LogP contribution is -2.53. The Morgan fingerprint density at radius 2 is 1.82 bits per heavy atom. The monoisotopic (exact) mass is 357 g/mol. The molecule has 0 spiro atoms. The van der Waals surface area contributed by atoms with Crippen molar-refractivity contribution in [2.75, 3.05) is 0 Å². The summed E-state index contributed by atoms with van der Waals surface area (Å²) in [6.07, 6.45) is 1.21. The van der Waals surface area contributed by atoms with Crippen molar-refractivity contribution in [3.63, 3.8) is 0 Å². The average molecular weight is 358 g/mol. The van der Waals surface area contributed by atoms with Crippen LogP contribution in [0.3, 0.4) is 0 Å². The fraction of sp³-hybridized carbons (Fsp3) is 0.278. The second kappa shape index (κ2) is 4.93. The van der Waals surface area contributed by atoms with Crippen molar-refractivity contribution in [3.8, 4) is 0 Å². The Bertz CT molecular complexity index is 738. The number of halogens is 1. The maximum atomic E-state index is 12.6. The Kier molecular flexibility index (Phi) is 3.13. The van der Waals surface area contributed by atoms with E-state index in [0.717, 1.165) is 21.2 Å². The van der Waals surface area contributed by atoms with Crippen LogP contribution in [0.15, 0.2) is 53.0 Å². The molecule has 0 saturated heterocycles. The predicted octanol–water partition coefficient (Wildman–Crippen LogP) is 3.46. The molecule has 0 radical (unpaired) electrons. The zero-order valence-corrected chi connectivity index (χ0v) is 13.6. The Labute approximate surface area is 137 Å². The summed E-state index contributed by atoms with van der Waals surface area (Å²) < 4.78 is 0.985. The molecule has 0 atom stereocenters. The highest BCUT2D eigenvalue weighted by molar-refractivity contribution is 9.10. The fourth-order valence-electron chi connectivity index (χ4n) is 3.54. The van der Waals surface area contributed by atoms with Crippen LogP contribution >= 0.6 is 15.9 Å². The van der Waals surface area contributed by atoms with E-state index in [1.165, 1.54) is 0 Å². The molecular formula is C18H16BrNO2. The highest BCUT2D eigenvalue weighted by Crippen LogP contribution is 2.46. The molecule has 1 N–H and O–H groups in total. The number of carbonyl (C=O) groups is 1. The van der Waals surface area contributed by atoms with E-state index in [0.29, 0.717) is 19.4 Å². The van der Waals surface area contributed by atoms with Crippen molar-refractivity contribution in [1.82, 2.24) is 4.90 Å². The van der Waals surface area contributed by atoms with E-state index in [4.69, 9.17) is 0 Å². The molecule has 0 aromatic heterocycles. The van der Waals surface area contributed by atoms with Gasteiger partial charge in [0.2, 0.25) is 0 Å². The van der Waals surface area contributed by atoms with Crippen molar-refractivity contribution >= 4 is 21.8 Å². The van der Waals surface area contributed by atoms with Crippen LogP contribution in [0.4, 0.5) is 0 Å². The summed E-state index contributed by atoms with van der Waals surface area (Å²) in [5.74, 6) is 0.0800. The Hall–Kier alpha value is -1.65. The first-order valence-electron chi connectivity index (χ1n) is 7.45. The summed E-state index contributed by atoms with van der Waals surface area (Å²) in [7, 11) is 0. The maximum Gasteiger partial charge on any atom is 0.254 e. The lowest BCUT2D eigenvalue weighted by molar-refractivity contribution is -0.0895. The largest absolute Gasteiger partial charge is 0.385 e. The van der Waals surface area contributed by atoms with Crippen LogP contribution < -0.4 is 0 Å². The molecule has 0 unspecified atom stereocenters.